The number of urea groups is 1. The van der Waals surface area contributed by atoms with Gasteiger partial charge < -0.3 is 20.5 Å². The third-order valence-corrected chi connectivity index (χ3v) is 2.60. The molecular formula is C14H20N2O4. The fourth-order valence-electron chi connectivity index (χ4n) is 1.56. The number of hydrogen-bond acceptors (Lipinski definition) is 3. The van der Waals surface area contributed by atoms with Crippen molar-refractivity contribution in [1.29, 1.82) is 0 Å². The van der Waals surface area contributed by atoms with Crippen LogP contribution in [-0.4, -0.2) is 36.4 Å². The smallest absolute Gasteiger partial charge is 0.335 e. The zero-order chi connectivity index (χ0) is 15.0. The lowest BCUT2D eigenvalue weighted by atomic mass is 10.1. The van der Waals surface area contributed by atoms with E-state index in [1.165, 1.54) is 12.1 Å². The largest absolute Gasteiger partial charge is 0.478 e. The number of hydrogen-bond donors (Lipinski definition) is 3. The Kier molecular flexibility index (Phi) is 6.52. The monoisotopic (exact) mass is 280 g/mol. The van der Waals surface area contributed by atoms with E-state index < -0.39 is 5.97 Å². The van der Waals surface area contributed by atoms with Crippen LogP contribution in [0.4, 0.5) is 4.79 Å². The number of benzene rings is 1. The van der Waals surface area contributed by atoms with Gasteiger partial charge in [-0.2, -0.15) is 0 Å². The third-order valence-electron chi connectivity index (χ3n) is 2.60. The van der Waals surface area contributed by atoms with Gasteiger partial charge in [-0.15, -0.1) is 0 Å². The summed E-state index contributed by atoms with van der Waals surface area (Å²) in [7, 11) is 0. The Hall–Kier alpha value is -2.08. The first-order valence-electron chi connectivity index (χ1n) is 6.47. The lowest BCUT2D eigenvalue weighted by Crippen LogP contribution is -2.42. The molecule has 6 nitrogen and oxygen atoms in total. The Balaban J connectivity index is 2.35. The highest BCUT2D eigenvalue weighted by Crippen LogP contribution is 2.04. The van der Waals surface area contributed by atoms with Crippen molar-refractivity contribution in [2.75, 3.05) is 13.2 Å². The molecule has 0 fully saturated rings. The van der Waals surface area contributed by atoms with Crippen molar-refractivity contribution in [1.82, 2.24) is 10.6 Å². The molecule has 0 aliphatic heterocycles. The van der Waals surface area contributed by atoms with E-state index in [0.717, 1.165) is 5.56 Å². The number of rotatable bonds is 7. The SMILES string of the molecule is CCOCC(C)NC(=O)NCc1ccc(C(=O)O)cc1. The molecule has 20 heavy (non-hydrogen) atoms. The summed E-state index contributed by atoms with van der Waals surface area (Å²) in [4.78, 5) is 22.3. The van der Waals surface area contributed by atoms with Crippen molar-refractivity contribution < 1.29 is 19.4 Å². The molecule has 3 N–H and O–H groups in total. The number of carbonyl (C=O) groups excluding carboxylic acids is 1. The standard InChI is InChI=1S/C14H20N2O4/c1-3-20-9-10(2)16-14(19)15-8-11-4-6-12(7-5-11)13(17)18/h4-7,10H,3,8-9H2,1-2H3,(H,17,18)(H2,15,16,19). The van der Waals surface area contributed by atoms with Gasteiger partial charge in [0, 0.05) is 13.2 Å². The summed E-state index contributed by atoms with van der Waals surface area (Å²) in [5, 5.41) is 14.2. The maximum atomic E-state index is 11.6. The van der Waals surface area contributed by atoms with E-state index in [1.807, 2.05) is 13.8 Å². The van der Waals surface area contributed by atoms with Crippen LogP contribution in [0.2, 0.25) is 0 Å². The van der Waals surface area contributed by atoms with Crippen molar-refractivity contribution in [2.45, 2.75) is 26.4 Å². The molecule has 0 spiro atoms. The predicted molar refractivity (Wildman–Crippen MR) is 74.7 cm³/mol. The molecule has 0 aliphatic rings. The second-order valence-corrected chi connectivity index (χ2v) is 4.39. The molecule has 0 radical (unpaired) electrons. The summed E-state index contributed by atoms with van der Waals surface area (Å²) in [5.74, 6) is -0.966. The second-order valence-electron chi connectivity index (χ2n) is 4.39. The van der Waals surface area contributed by atoms with Gasteiger partial charge in [-0.1, -0.05) is 12.1 Å². The van der Waals surface area contributed by atoms with Crippen LogP contribution in [0, 0.1) is 0 Å². The highest BCUT2D eigenvalue weighted by atomic mass is 16.5. The first kappa shape index (κ1) is 16.0. The van der Waals surface area contributed by atoms with Crippen molar-refractivity contribution in [3.8, 4) is 0 Å². The predicted octanol–water partition coefficient (Wildman–Crippen LogP) is 1.61. The summed E-state index contributed by atoms with van der Waals surface area (Å²) < 4.78 is 5.20. The number of carboxylic acids is 1. The van der Waals surface area contributed by atoms with Crippen LogP contribution in [-0.2, 0) is 11.3 Å². The number of ether oxygens (including phenoxy) is 1. The Labute approximate surface area is 118 Å². The first-order valence-corrected chi connectivity index (χ1v) is 6.47. The van der Waals surface area contributed by atoms with Gasteiger partial charge in [0.05, 0.1) is 18.2 Å². The molecule has 1 aromatic carbocycles. The highest BCUT2D eigenvalue weighted by Gasteiger charge is 2.07. The molecule has 0 bridgehead atoms. The fourth-order valence-corrected chi connectivity index (χ4v) is 1.56. The number of aromatic carboxylic acids is 1. The van der Waals surface area contributed by atoms with E-state index >= 15 is 0 Å². The molecule has 0 heterocycles. The zero-order valence-electron chi connectivity index (χ0n) is 11.7. The summed E-state index contributed by atoms with van der Waals surface area (Å²) >= 11 is 0. The van der Waals surface area contributed by atoms with Crippen LogP contribution in [0.1, 0.15) is 29.8 Å². The van der Waals surface area contributed by atoms with E-state index in [2.05, 4.69) is 10.6 Å². The molecule has 0 aromatic heterocycles. The Morgan fingerprint density at radius 3 is 2.50 bits per heavy atom. The quantitative estimate of drug-likeness (QED) is 0.708. The minimum atomic E-state index is -0.966. The molecule has 0 saturated heterocycles. The van der Waals surface area contributed by atoms with Gasteiger partial charge in [-0.05, 0) is 31.5 Å². The lowest BCUT2D eigenvalue weighted by Gasteiger charge is -2.14. The second kappa shape index (κ2) is 8.16. The molecule has 6 heteroatoms. The van der Waals surface area contributed by atoms with Crippen molar-refractivity contribution in [3.05, 3.63) is 35.4 Å². The van der Waals surface area contributed by atoms with Crippen LogP contribution in [0.3, 0.4) is 0 Å². The van der Waals surface area contributed by atoms with Crippen LogP contribution in [0.15, 0.2) is 24.3 Å². The zero-order valence-corrected chi connectivity index (χ0v) is 11.7. The fraction of sp³-hybridized carbons (Fsp3) is 0.429. The Morgan fingerprint density at radius 1 is 1.30 bits per heavy atom. The molecule has 0 saturated carbocycles. The topological polar surface area (TPSA) is 87.7 Å². The maximum absolute atomic E-state index is 11.6. The summed E-state index contributed by atoms with van der Waals surface area (Å²) in [6, 6.07) is 6.02. The summed E-state index contributed by atoms with van der Waals surface area (Å²) in [6.07, 6.45) is 0. The highest BCUT2D eigenvalue weighted by molar-refractivity contribution is 5.87. The van der Waals surface area contributed by atoms with Gasteiger partial charge in [0.2, 0.25) is 0 Å². The van der Waals surface area contributed by atoms with E-state index in [1.54, 1.807) is 12.1 Å². The minimum absolute atomic E-state index is 0.0654. The molecule has 1 aromatic rings. The Bertz CT molecular complexity index is 445. The van der Waals surface area contributed by atoms with E-state index in [4.69, 9.17) is 9.84 Å². The Morgan fingerprint density at radius 2 is 1.95 bits per heavy atom. The van der Waals surface area contributed by atoms with Gasteiger partial charge in [-0.25, -0.2) is 9.59 Å². The van der Waals surface area contributed by atoms with Gasteiger partial charge in [0.1, 0.15) is 0 Å². The number of carboxylic acid groups (broad SMARTS) is 1. The number of nitrogens with one attached hydrogen (secondary N) is 2. The maximum Gasteiger partial charge on any atom is 0.335 e. The van der Waals surface area contributed by atoms with E-state index in [9.17, 15) is 9.59 Å². The molecule has 2 amide bonds. The molecule has 1 rings (SSSR count). The summed E-state index contributed by atoms with van der Waals surface area (Å²) in [5.41, 5.74) is 1.06. The molecule has 0 aliphatic carbocycles. The third kappa shape index (κ3) is 5.71. The average molecular weight is 280 g/mol. The van der Waals surface area contributed by atoms with E-state index in [-0.39, 0.29) is 17.6 Å². The molecule has 110 valence electrons. The van der Waals surface area contributed by atoms with Crippen molar-refractivity contribution in [2.24, 2.45) is 0 Å². The van der Waals surface area contributed by atoms with Crippen molar-refractivity contribution in [3.63, 3.8) is 0 Å². The molecule has 1 unspecified atom stereocenters. The average Bonchev–Trinajstić information content (AvgIpc) is 2.43. The van der Waals surface area contributed by atoms with Gasteiger partial charge >= 0.3 is 12.0 Å². The van der Waals surface area contributed by atoms with Crippen LogP contribution in [0.5, 0.6) is 0 Å². The molecular weight excluding hydrogens is 260 g/mol. The molecule has 1 atom stereocenters. The number of carbonyl (C=O) groups is 2. The minimum Gasteiger partial charge on any atom is -0.478 e. The lowest BCUT2D eigenvalue weighted by molar-refractivity contribution is 0.0697. The normalized spacial score (nSPS) is 11.7. The first-order chi connectivity index (χ1) is 9.52. The van der Waals surface area contributed by atoms with Gasteiger partial charge in [-0.3, -0.25) is 0 Å². The van der Waals surface area contributed by atoms with Crippen LogP contribution >= 0.6 is 0 Å². The van der Waals surface area contributed by atoms with Gasteiger partial charge in [0.15, 0.2) is 0 Å². The van der Waals surface area contributed by atoms with Crippen molar-refractivity contribution >= 4 is 12.0 Å². The van der Waals surface area contributed by atoms with Gasteiger partial charge in [0.25, 0.3) is 0 Å². The number of amides is 2. The van der Waals surface area contributed by atoms with E-state index in [0.29, 0.717) is 19.8 Å². The van der Waals surface area contributed by atoms with Crippen LogP contribution < -0.4 is 10.6 Å². The van der Waals surface area contributed by atoms with Crippen LogP contribution in [0.25, 0.3) is 0 Å². The summed E-state index contributed by atoms with van der Waals surface area (Å²) in [6.45, 7) is 5.18.